The van der Waals surface area contributed by atoms with Crippen molar-refractivity contribution in [3.05, 3.63) is 23.3 Å². The van der Waals surface area contributed by atoms with Crippen LogP contribution in [0.3, 0.4) is 0 Å². The van der Waals surface area contributed by atoms with Crippen molar-refractivity contribution in [2.24, 2.45) is 0 Å². The van der Waals surface area contributed by atoms with Gasteiger partial charge in [-0.1, -0.05) is 6.92 Å². The lowest BCUT2D eigenvalue weighted by Gasteiger charge is -2.24. The van der Waals surface area contributed by atoms with Gasteiger partial charge in [0.05, 0.1) is 0 Å². The second-order valence-corrected chi connectivity index (χ2v) is 5.49. The first kappa shape index (κ1) is 13.1. The average Bonchev–Trinajstić information content (AvgIpc) is 2.13. The molecule has 0 spiro atoms. The van der Waals surface area contributed by atoms with Gasteiger partial charge in [0.15, 0.2) is 0 Å². The van der Waals surface area contributed by atoms with E-state index in [0.717, 1.165) is 17.9 Å². The number of rotatable bonds is 3. The van der Waals surface area contributed by atoms with Crippen molar-refractivity contribution < 1.29 is 0 Å². The topological polar surface area (TPSA) is 37.8 Å². The normalized spacial score (nSPS) is 13.9. The predicted octanol–water partition coefficient (Wildman–Crippen LogP) is 2.59. The summed E-state index contributed by atoms with van der Waals surface area (Å²) in [6.07, 6.45) is 1.64. The highest BCUT2D eigenvalue weighted by Gasteiger charge is 2.16. The molecule has 1 aromatic heterocycles. The lowest BCUT2D eigenvalue weighted by atomic mass is 9.97. The van der Waals surface area contributed by atoms with Crippen molar-refractivity contribution in [2.75, 3.05) is 6.54 Å². The van der Waals surface area contributed by atoms with Crippen LogP contribution in [-0.2, 0) is 0 Å². The van der Waals surface area contributed by atoms with Crippen LogP contribution in [0.5, 0.6) is 0 Å². The summed E-state index contributed by atoms with van der Waals surface area (Å²) in [6.45, 7) is 13.8. The van der Waals surface area contributed by atoms with Gasteiger partial charge in [0.25, 0.3) is 0 Å². The molecule has 16 heavy (non-hydrogen) atoms. The standard InChI is InChI=1S/C13H23N3/c1-9(7-16-13(4,5)6)12-10(2)14-8-15-11(12)3/h8-9,16H,7H2,1-6H3. The Morgan fingerprint density at radius 1 is 1.19 bits per heavy atom. The van der Waals surface area contributed by atoms with E-state index >= 15 is 0 Å². The molecular formula is C13H23N3. The Kier molecular flexibility index (Phi) is 4.03. The van der Waals surface area contributed by atoms with E-state index in [1.54, 1.807) is 6.33 Å². The minimum Gasteiger partial charge on any atom is -0.311 e. The highest BCUT2D eigenvalue weighted by molar-refractivity contribution is 5.26. The summed E-state index contributed by atoms with van der Waals surface area (Å²) in [4.78, 5) is 8.53. The van der Waals surface area contributed by atoms with E-state index in [2.05, 4.69) is 56.8 Å². The fraction of sp³-hybridized carbons (Fsp3) is 0.692. The molecule has 0 fully saturated rings. The first-order valence-electron chi connectivity index (χ1n) is 5.84. The van der Waals surface area contributed by atoms with Crippen molar-refractivity contribution in [1.29, 1.82) is 0 Å². The molecule has 1 heterocycles. The molecule has 1 atom stereocenters. The third-order valence-corrected chi connectivity index (χ3v) is 2.71. The summed E-state index contributed by atoms with van der Waals surface area (Å²) in [6, 6.07) is 0. The molecule has 0 aliphatic heterocycles. The molecule has 0 bridgehead atoms. The van der Waals surface area contributed by atoms with E-state index in [1.165, 1.54) is 5.56 Å². The summed E-state index contributed by atoms with van der Waals surface area (Å²) in [5, 5.41) is 3.52. The Morgan fingerprint density at radius 2 is 1.69 bits per heavy atom. The molecule has 1 N–H and O–H groups in total. The van der Waals surface area contributed by atoms with Gasteiger partial charge in [0.2, 0.25) is 0 Å². The first-order valence-corrected chi connectivity index (χ1v) is 5.84. The third-order valence-electron chi connectivity index (χ3n) is 2.71. The molecule has 0 amide bonds. The molecule has 3 heteroatoms. The second-order valence-electron chi connectivity index (χ2n) is 5.49. The van der Waals surface area contributed by atoms with Crippen LogP contribution in [0.15, 0.2) is 6.33 Å². The monoisotopic (exact) mass is 221 g/mol. The third kappa shape index (κ3) is 3.56. The zero-order chi connectivity index (χ0) is 12.3. The smallest absolute Gasteiger partial charge is 0.115 e. The Hall–Kier alpha value is -0.960. The lowest BCUT2D eigenvalue weighted by Crippen LogP contribution is -2.38. The molecule has 0 aromatic carbocycles. The van der Waals surface area contributed by atoms with Gasteiger partial charge < -0.3 is 5.32 Å². The Balaban J connectivity index is 2.77. The predicted molar refractivity (Wildman–Crippen MR) is 67.7 cm³/mol. The molecule has 1 aromatic rings. The zero-order valence-corrected chi connectivity index (χ0v) is 11.3. The number of aryl methyl sites for hydroxylation is 2. The van der Waals surface area contributed by atoms with Crippen molar-refractivity contribution in [3.8, 4) is 0 Å². The molecule has 1 unspecified atom stereocenters. The van der Waals surface area contributed by atoms with Gasteiger partial charge >= 0.3 is 0 Å². The van der Waals surface area contributed by atoms with E-state index in [9.17, 15) is 0 Å². The van der Waals surface area contributed by atoms with Crippen molar-refractivity contribution in [3.63, 3.8) is 0 Å². The van der Waals surface area contributed by atoms with Gasteiger partial charge in [0.1, 0.15) is 6.33 Å². The van der Waals surface area contributed by atoms with Crippen LogP contribution < -0.4 is 5.32 Å². The largest absolute Gasteiger partial charge is 0.311 e. The molecule has 3 nitrogen and oxygen atoms in total. The van der Waals surface area contributed by atoms with Gasteiger partial charge in [0, 0.05) is 23.5 Å². The Labute approximate surface area is 98.7 Å². The number of hydrogen-bond acceptors (Lipinski definition) is 3. The molecule has 90 valence electrons. The second kappa shape index (κ2) is 4.91. The van der Waals surface area contributed by atoms with E-state index in [0.29, 0.717) is 5.92 Å². The van der Waals surface area contributed by atoms with E-state index in [1.807, 2.05) is 0 Å². The average molecular weight is 221 g/mol. The zero-order valence-electron chi connectivity index (χ0n) is 11.3. The lowest BCUT2D eigenvalue weighted by molar-refractivity contribution is 0.411. The molecular weight excluding hydrogens is 198 g/mol. The van der Waals surface area contributed by atoms with Crippen molar-refractivity contribution in [1.82, 2.24) is 15.3 Å². The Morgan fingerprint density at radius 3 is 2.12 bits per heavy atom. The fourth-order valence-electron chi connectivity index (χ4n) is 1.88. The van der Waals surface area contributed by atoms with Crippen LogP contribution in [-0.4, -0.2) is 22.1 Å². The summed E-state index contributed by atoms with van der Waals surface area (Å²) in [7, 11) is 0. The van der Waals surface area contributed by atoms with Crippen molar-refractivity contribution >= 4 is 0 Å². The molecule has 0 aliphatic rings. The fourth-order valence-corrected chi connectivity index (χ4v) is 1.88. The van der Waals surface area contributed by atoms with Crippen LogP contribution in [0.4, 0.5) is 0 Å². The van der Waals surface area contributed by atoms with Crippen LogP contribution >= 0.6 is 0 Å². The van der Waals surface area contributed by atoms with Crippen LogP contribution in [0, 0.1) is 13.8 Å². The van der Waals surface area contributed by atoms with Gasteiger partial charge in [-0.25, -0.2) is 9.97 Å². The summed E-state index contributed by atoms with van der Waals surface area (Å²) < 4.78 is 0. The van der Waals surface area contributed by atoms with Gasteiger partial charge in [-0.05, 0) is 46.1 Å². The number of nitrogens with zero attached hydrogens (tertiary/aromatic N) is 2. The van der Waals surface area contributed by atoms with Gasteiger partial charge in [-0.15, -0.1) is 0 Å². The maximum Gasteiger partial charge on any atom is 0.115 e. The highest BCUT2D eigenvalue weighted by Crippen LogP contribution is 2.20. The minimum absolute atomic E-state index is 0.158. The van der Waals surface area contributed by atoms with Crippen LogP contribution in [0.25, 0.3) is 0 Å². The molecule has 0 saturated carbocycles. The van der Waals surface area contributed by atoms with E-state index in [4.69, 9.17) is 0 Å². The molecule has 0 radical (unpaired) electrons. The minimum atomic E-state index is 0.158. The summed E-state index contributed by atoms with van der Waals surface area (Å²) in [5.74, 6) is 0.445. The molecule has 0 aliphatic carbocycles. The maximum atomic E-state index is 4.27. The maximum absolute atomic E-state index is 4.27. The van der Waals surface area contributed by atoms with E-state index in [-0.39, 0.29) is 5.54 Å². The number of nitrogens with one attached hydrogen (secondary N) is 1. The summed E-state index contributed by atoms with van der Waals surface area (Å²) >= 11 is 0. The first-order chi connectivity index (χ1) is 7.31. The van der Waals surface area contributed by atoms with Gasteiger partial charge in [-0.2, -0.15) is 0 Å². The number of hydrogen-bond donors (Lipinski definition) is 1. The van der Waals surface area contributed by atoms with Crippen LogP contribution in [0.1, 0.15) is 50.6 Å². The quantitative estimate of drug-likeness (QED) is 0.852. The Bertz CT molecular complexity index is 332. The molecule has 1 rings (SSSR count). The van der Waals surface area contributed by atoms with E-state index < -0.39 is 0 Å². The molecule has 0 saturated heterocycles. The summed E-state index contributed by atoms with van der Waals surface area (Å²) in [5.41, 5.74) is 3.62. The SMILES string of the molecule is Cc1ncnc(C)c1C(C)CNC(C)(C)C. The highest BCUT2D eigenvalue weighted by atomic mass is 14.9. The van der Waals surface area contributed by atoms with Crippen LogP contribution in [0.2, 0.25) is 0 Å². The number of aromatic nitrogens is 2. The van der Waals surface area contributed by atoms with Gasteiger partial charge in [-0.3, -0.25) is 0 Å². The van der Waals surface area contributed by atoms with Crippen molar-refractivity contribution in [2.45, 2.75) is 53.0 Å².